The number of thiophene rings is 2. The van der Waals surface area contributed by atoms with Gasteiger partial charge in [-0.05, 0) is 29.2 Å². The predicted molar refractivity (Wildman–Crippen MR) is 111 cm³/mol. The highest BCUT2D eigenvalue weighted by Crippen LogP contribution is 2.48. The molecule has 0 radical (unpaired) electrons. The molecule has 2 heteroatoms. The van der Waals surface area contributed by atoms with Gasteiger partial charge in [-0.3, -0.25) is 0 Å². The smallest absolute Gasteiger partial charge is 0.0407 e. The summed E-state index contributed by atoms with van der Waals surface area (Å²) in [7, 11) is 0. The summed E-state index contributed by atoms with van der Waals surface area (Å²) in [4.78, 5) is 0. The van der Waals surface area contributed by atoms with Crippen LogP contribution in [0.5, 0.6) is 0 Å². The predicted octanol–water partition coefficient (Wildman–Crippen LogP) is 7.72. The van der Waals surface area contributed by atoms with Crippen LogP contribution in [0, 0.1) is 0 Å². The summed E-state index contributed by atoms with van der Waals surface area (Å²) in [5, 5.41) is 5.61. The third-order valence-electron chi connectivity index (χ3n) is 4.76. The molecule has 0 atom stereocenters. The third kappa shape index (κ3) is 1.90. The molecule has 2 aromatic heterocycles. The lowest BCUT2D eigenvalue weighted by molar-refractivity contribution is 0.603. The van der Waals surface area contributed by atoms with Crippen LogP contribution in [0.2, 0.25) is 0 Å². The van der Waals surface area contributed by atoms with Gasteiger partial charge in [0, 0.05) is 40.3 Å². The summed E-state index contributed by atoms with van der Waals surface area (Å²) < 4.78 is 5.70. The normalized spacial score (nSPS) is 12.8. The highest BCUT2D eigenvalue weighted by Gasteiger charge is 2.24. The van der Waals surface area contributed by atoms with Gasteiger partial charge in [-0.2, -0.15) is 0 Å². The first-order valence-corrected chi connectivity index (χ1v) is 9.93. The first-order chi connectivity index (χ1) is 11.5. The molecule has 0 spiro atoms. The first kappa shape index (κ1) is 14.4. The fraction of sp³-hybridized carbons (Fsp3) is 0.182. The molecule has 5 rings (SSSR count). The van der Waals surface area contributed by atoms with Crippen LogP contribution in [-0.4, -0.2) is 0 Å². The molecule has 0 saturated heterocycles. The quantitative estimate of drug-likeness (QED) is 0.269. The number of rotatable bonds is 0. The van der Waals surface area contributed by atoms with Gasteiger partial charge in [0.2, 0.25) is 0 Å². The Morgan fingerprint density at radius 2 is 1.08 bits per heavy atom. The van der Waals surface area contributed by atoms with Gasteiger partial charge in [-0.1, -0.05) is 57.2 Å². The van der Waals surface area contributed by atoms with Crippen LogP contribution < -0.4 is 0 Å². The molecule has 0 unspecified atom stereocenters. The molecule has 3 aromatic carbocycles. The number of benzene rings is 3. The molecule has 0 nitrogen and oxygen atoms in total. The number of hydrogen-bond acceptors (Lipinski definition) is 2. The molecule has 0 fully saturated rings. The molecule has 0 aliphatic heterocycles. The van der Waals surface area contributed by atoms with E-state index in [4.69, 9.17) is 0 Å². The fourth-order valence-electron chi connectivity index (χ4n) is 3.72. The van der Waals surface area contributed by atoms with Crippen LogP contribution in [0.15, 0.2) is 54.6 Å². The average Bonchev–Trinajstić information content (AvgIpc) is 3.09. The van der Waals surface area contributed by atoms with Gasteiger partial charge < -0.3 is 0 Å². The van der Waals surface area contributed by atoms with Crippen LogP contribution in [0.3, 0.4) is 0 Å². The minimum absolute atomic E-state index is 0.125. The second kappa shape index (κ2) is 4.81. The summed E-state index contributed by atoms with van der Waals surface area (Å²) in [5.74, 6) is 0. The van der Waals surface area contributed by atoms with Gasteiger partial charge in [0.05, 0.1) is 0 Å². The van der Waals surface area contributed by atoms with Gasteiger partial charge in [0.1, 0.15) is 0 Å². The zero-order valence-corrected chi connectivity index (χ0v) is 15.6. The Morgan fingerprint density at radius 3 is 1.54 bits per heavy atom. The van der Waals surface area contributed by atoms with E-state index in [9.17, 15) is 0 Å². The van der Waals surface area contributed by atoms with Gasteiger partial charge in [-0.15, -0.1) is 22.7 Å². The Hall–Kier alpha value is -1.90. The van der Waals surface area contributed by atoms with Crippen molar-refractivity contribution >= 4 is 63.0 Å². The van der Waals surface area contributed by atoms with Gasteiger partial charge in [0.15, 0.2) is 0 Å². The van der Waals surface area contributed by atoms with Crippen molar-refractivity contribution in [1.29, 1.82) is 0 Å². The van der Waals surface area contributed by atoms with Gasteiger partial charge >= 0.3 is 0 Å². The average molecular weight is 347 g/mol. The largest absolute Gasteiger partial charge is 0.135 e. The maximum atomic E-state index is 2.43. The summed E-state index contributed by atoms with van der Waals surface area (Å²) in [6.07, 6.45) is 0. The van der Waals surface area contributed by atoms with Crippen LogP contribution in [-0.2, 0) is 5.41 Å². The molecule has 2 heterocycles. The van der Waals surface area contributed by atoms with Crippen LogP contribution in [0.1, 0.15) is 26.3 Å². The Labute approximate surface area is 149 Å². The summed E-state index contributed by atoms with van der Waals surface area (Å²) in [6.45, 7) is 7.03. The molecule has 0 amide bonds. The standard InChI is InChI=1S/C22H18S2/c1-22(2,3)19-20-15(13-8-4-6-10-17(13)23-20)12-16-14-9-5-7-11-18(14)24-21(16)19/h4-12H,1-3H3. The lowest BCUT2D eigenvalue weighted by atomic mass is 9.85. The van der Waals surface area contributed by atoms with Crippen molar-refractivity contribution in [3.05, 3.63) is 60.2 Å². The van der Waals surface area contributed by atoms with Gasteiger partial charge in [-0.25, -0.2) is 0 Å². The monoisotopic (exact) mass is 346 g/mol. The van der Waals surface area contributed by atoms with E-state index in [1.165, 1.54) is 45.9 Å². The van der Waals surface area contributed by atoms with Crippen molar-refractivity contribution in [3.8, 4) is 0 Å². The van der Waals surface area contributed by atoms with E-state index in [2.05, 4.69) is 75.4 Å². The number of hydrogen-bond donors (Lipinski definition) is 0. The van der Waals surface area contributed by atoms with Crippen molar-refractivity contribution in [1.82, 2.24) is 0 Å². The van der Waals surface area contributed by atoms with E-state index in [0.717, 1.165) is 0 Å². The Bertz CT molecular complexity index is 1140. The Morgan fingerprint density at radius 1 is 0.625 bits per heavy atom. The second-order valence-corrected chi connectivity index (χ2v) is 9.56. The van der Waals surface area contributed by atoms with Crippen molar-refractivity contribution in [3.63, 3.8) is 0 Å². The van der Waals surface area contributed by atoms with Crippen molar-refractivity contribution in [2.24, 2.45) is 0 Å². The highest BCUT2D eigenvalue weighted by atomic mass is 32.1. The lowest BCUT2D eigenvalue weighted by Crippen LogP contribution is -2.11. The molecular formula is C22H18S2. The first-order valence-electron chi connectivity index (χ1n) is 8.30. The fourth-order valence-corrected chi connectivity index (χ4v) is 6.67. The minimum Gasteiger partial charge on any atom is -0.135 e. The molecule has 24 heavy (non-hydrogen) atoms. The molecule has 118 valence electrons. The van der Waals surface area contributed by atoms with E-state index in [0.29, 0.717) is 0 Å². The molecule has 5 aromatic rings. The van der Waals surface area contributed by atoms with Crippen molar-refractivity contribution in [2.45, 2.75) is 26.2 Å². The zero-order valence-electron chi connectivity index (χ0n) is 14.0. The molecule has 0 aliphatic rings. The molecule has 0 saturated carbocycles. The highest BCUT2D eigenvalue weighted by molar-refractivity contribution is 7.28. The van der Waals surface area contributed by atoms with E-state index in [1.807, 2.05) is 22.7 Å². The minimum atomic E-state index is 0.125. The SMILES string of the molecule is CC(C)(C)c1c2sc3ccccc3c2cc2c1sc1ccccc12. The van der Waals surface area contributed by atoms with Crippen LogP contribution >= 0.6 is 22.7 Å². The summed E-state index contributed by atoms with van der Waals surface area (Å²) in [6, 6.07) is 20.1. The maximum absolute atomic E-state index is 2.43. The van der Waals surface area contributed by atoms with E-state index >= 15 is 0 Å². The van der Waals surface area contributed by atoms with Gasteiger partial charge in [0.25, 0.3) is 0 Å². The van der Waals surface area contributed by atoms with Crippen molar-refractivity contribution < 1.29 is 0 Å². The third-order valence-corrected chi connectivity index (χ3v) is 7.17. The molecule has 0 aliphatic carbocycles. The lowest BCUT2D eigenvalue weighted by Gasteiger charge is -2.21. The molecule has 0 bridgehead atoms. The molecule has 0 N–H and O–H groups in total. The maximum Gasteiger partial charge on any atom is 0.0407 e. The van der Waals surface area contributed by atoms with Crippen LogP contribution in [0.4, 0.5) is 0 Å². The Balaban J connectivity index is 2.12. The zero-order chi connectivity index (χ0) is 16.5. The summed E-state index contributed by atoms with van der Waals surface area (Å²) >= 11 is 3.89. The summed E-state index contributed by atoms with van der Waals surface area (Å²) in [5.41, 5.74) is 1.64. The van der Waals surface area contributed by atoms with Crippen molar-refractivity contribution in [2.75, 3.05) is 0 Å². The van der Waals surface area contributed by atoms with E-state index in [1.54, 1.807) is 0 Å². The Kier molecular flexibility index (Phi) is 2.89. The second-order valence-electron chi connectivity index (χ2n) is 7.45. The number of fused-ring (bicyclic) bond motifs is 6. The molecular weight excluding hydrogens is 328 g/mol. The van der Waals surface area contributed by atoms with Crippen LogP contribution in [0.25, 0.3) is 40.3 Å². The van der Waals surface area contributed by atoms with E-state index < -0.39 is 0 Å². The van der Waals surface area contributed by atoms with E-state index in [-0.39, 0.29) is 5.41 Å². The topological polar surface area (TPSA) is 0 Å².